The third kappa shape index (κ3) is 3.39. The fourth-order valence-electron chi connectivity index (χ4n) is 2.95. The van der Waals surface area contributed by atoms with Crippen LogP contribution in [0.5, 0.6) is 0 Å². The standard InChI is InChI=1S/C8H12N2.C7H12/c1-10(2)8-5-3-7(9)4-6-8;1-2-7-4-3-6(1)5-7/h3-6H,9H2,1-2H3;6-7H,1-5H2. The zero-order valence-corrected chi connectivity index (χ0v) is 11.0. The molecule has 0 aliphatic heterocycles. The summed E-state index contributed by atoms with van der Waals surface area (Å²) < 4.78 is 0. The Morgan fingerprint density at radius 1 is 0.941 bits per heavy atom. The zero-order chi connectivity index (χ0) is 12.3. The molecule has 0 spiro atoms. The van der Waals surface area contributed by atoms with Gasteiger partial charge in [0, 0.05) is 25.5 Å². The Morgan fingerprint density at radius 3 is 1.71 bits per heavy atom. The van der Waals surface area contributed by atoms with Crippen molar-refractivity contribution >= 4 is 11.4 Å². The normalized spacial score (nSPS) is 25.3. The molecule has 0 amide bonds. The highest BCUT2D eigenvalue weighted by molar-refractivity contribution is 5.51. The van der Waals surface area contributed by atoms with Crippen LogP contribution >= 0.6 is 0 Å². The molecule has 0 radical (unpaired) electrons. The van der Waals surface area contributed by atoms with Gasteiger partial charge in [0.2, 0.25) is 0 Å². The Labute approximate surface area is 105 Å². The van der Waals surface area contributed by atoms with Crippen molar-refractivity contribution in [3.05, 3.63) is 24.3 Å². The predicted octanol–water partition coefficient (Wildman–Crippen LogP) is 3.53. The number of nitrogens with two attached hydrogens (primary N) is 1. The molecule has 2 saturated carbocycles. The lowest BCUT2D eigenvalue weighted by molar-refractivity contribution is 0.480. The highest BCUT2D eigenvalue weighted by Gasteiger charge is 2.30. The first-order valence-electron chi connectivity index (χ1n) is 6.68. The van der Waals surface area contributed by atoms with Gasteiger partial charge in [0.15, 0.2) is 0 Å². The highest BCUT2D eigenvalue weighted by atomic mass is 15.1. The molecule has 0 heterocycles. The van der Waals surface area contributed by atoms with Crippen LogP contribution in [0, 0.1) is 11.8 Å². The Balaban J connectivity index is 0.000000134. The van der Waals surface area contributed by atoms with Gasteiger partial charge >= 0.3 is 0 Å². The van der Waals surface area contributed by atoms with Crippen molar-refractivity contribution in [1.29, 1.82) is 0 Å². The molecule has 2 bridgehead atoms. The van der Waals surface area contributed by atoms with Gasteiger partial charge in [-0.1, -0.05) is 25.7 Å². The molecule has 1 aromatic rings. The van der Waals surface area contributed by atoms with E-state index in [0.717, 1.165) is 5.69 Å². The topological polar surface area (TPSA) is 29.3 Å². The summed E-state index contributed by atoms with van der Waals surface area (Å²) in [5.41, 5.74) is 7.49. The average Bonchev–Trinajstić information content (AvgIpc) is 2.94. The molecule has 0 saturated heterocycles. The van der Waals surface area contributed by atoms with E-state index in [1.165, 1.54) is 17.5 Å². The quantitative estimate of drug-likeness (QED) is 0.750. The van der Waals surface area contributed by atoms with Gasteiger partial charge < -0.3 is 10.6 Å². The summed E-state index contributed by atoms with van der Waals surface area (Å²) >= 11 is 0. The molecule has 2 aliphatic carbocycles. The van der Waals surface area contributed by atoms with Crippen LogP contribution in [0.1, 0.15) is 32.1 Å². The molecule has 1 aromatic carbocycles. The summed E-state index contributed by atoms with van der Waals surface area (Å²) in [7, 11) is 4.01. The number of anilines is 2. The lowest BCUT2D eigenvalue weighted by atomic mass is 10.0. The molecule has 94 valence electrons. The fraction of sp³-hybridized carbons (Fsp3) is 0.600. The van der Waals surface area contributed by atoms with Gasteiger partial charge in [0.25, 0.3) is 0 Å². The summed E-state index contributed by atoms with van der Waals surface area (Å²) in [6, 6.07) is 7.79. The van der Waals surface area contributed by atoms with Crippen LogP contribution in [-0.4, -0.2) is 14.1 Å². The van der Waals surface area contributed by atoms with Crippen LogP contribution in [0.2, 0.25) is 0 Å². The molecule has 2 heteroatoms. The van der Waals surface area contributed by atoms with Crippen molar-refractivity contribution in [1.82, 2.24) is 0 Å². The van der Waals surface area contributed by atoms with Gasteiger partial charge in [-0.2, -0.15) is 0 Å². The van der Waals surface area contributed by atoms with Crippen molar-refractivity contribution < 1.29 is 0 Å². The zero-order valence-electron chi connectivity index (χ0n) is 11.0. The molecule has 2 N–H and O–H groups in total. The maximum atomic E-state index is 5.51. The van der Waals surface area contributed by atoms with Crippen molar-refractivity contribution in [2.45, 2.75) is 32.1 Å². The maximum Gasteiger partial charge on any atom is 0.0362 e. The number of fused-ring (bicyclic) bond motifs is 2. The van der Waals surface area contributed by atoms with E-state index in [4.69, 9.17) is 5.73 Å². The summed E-state index contributed by atoms with van der Waals surface area (Å²) in [5, 5.41) is 0. The minimum Gasteiger partial charge on any atom is -0.399 e. The Kier molecular flexibility index (Phi) is 3.93. The molecule has 3 rings (SSSR count). The third-order valence-corrected chi connectivity index (χ3v) is 4.04. The number of nitrogens with zero attached hydrogens (tertiary/aromatic N) is 1. The van der Waals surface area contributed by atoms with E-state index in [9.17, 15) is 0 Å². The fourth-order valence-corrected chi connectivity index (χ4v) is 2.95. The second-order valence-electron chi connectivity index (χ2n) is 5.61. The largest absolute Gasteiger partial charge is 0.399 e. The van der Waals surface area contributed by atoms with E-state index in [1.54, 1.807) is 32.1 Å². The summed E-state index contributed by atoms with van der Waals surface area (Å²) in [4.78, 5) is 2.04. The number of nitrogen functional groups attached to an aromatic ring is 1. The van der Waals surface area contributed by atoms with Gasteiger partial charge in [0.05, 0.1) is 0 Å². The van der Waals surface area contributed by atoms with Gasteiger partial charge in [-0.15, -0.1) is 0 Å². The first-order valence-corrected chi connectivity index (χ1v) is 6.68. The molecule has 0 aromatic heterocycles. The van der Waals surface area contributed by atoms with E-state index in [1.807, 2.05) is 43.3 Å². The summed E-state index contributed by atoms with van der Waals surface area (Å²) in [6.45, 7) is 0. The number of benzene rings is 1. The Morgan fingerprint density at radius 2 is 1.41 bits per heavy atom. The number of hydrogen-bond donors (Lipinski definition) is 1. The lowest BCUT2D eigenvalue weighted by Gasteiger charge is -2.11. The molecule has 17 heavy (non-hydrogen) atoms. The van der Waals surface area contributed by atoms with E-state index in [2.05, 4.69) is 0 Å². The predicted molar refractivity (Wildman–Crippen MR) is 75.2 cm³/mol. The SMILES string of the molecule is C1CC2CCC1C2.CN(C)c1ccc(N)cc1. The van der Waals surface area contributed by atoms with Crippen molar-refractivity contribution in [3.63, 3.8) is 0 Å². The van der Waals surface area contributed by atoms with E-state index in [-0.39, 0.29) is 0 Å². The minimum atomic E-state index is 0.811. The monoisotopic (exact) mass is 232 g/mol. The Hall–Kier alpha value is -1.18. The first-order chi connectivity index (χ1) is 8.15. The summed E-state index contributed by atoms with van der Waals surface area (Å²) in [6.07, 6.45) is 7.82. The second kappa shape index (κ2) is 5.44. The molecule has 2 aliphatic rings. The molecular formula is C15H24N2. The smallest absolute Gasteiger partial charge is 0.0362 e. The van der Waals surface area contributed by atoms with Gasteiger partial charge in [-0.3, -0.25) is 0 Å². The van der Waals surface area contributed by atoms with Crippen molar-refractivity contribution in [2.24, 2.45) is 11.8 Å². The number of hydrogen-bond acceptors (Lipinski definition) is 2. The van der Waals surface area contributed by atoms with Crippen LogP contribution in [0.4, 0.5) is 11.4 Å². The first kappa shape index (κ1) is 12.3. The molecule has 2 nitrogen and oxygen atoms in total. The van der Waals surface area contributed by atoms with E-state index < -0.39 is 0 Å². The van der Waals surface area contributed by atoms with Crippen LogP contribution in [0.3, 0.4) is 0 Å². The molecular weight excluding hydrogens is 208 g/mol. The third-order valence-electron chi connectivity index (χ3n) is 4.04. The Bertz CT molecular complexity index is 324. The van der Waals surface area contributed by atoms with Crippen molar-refractivity contribution in [2.75, 3.05) is 24.7 Å². The molecule has 0 atom stereocenters. The van der Waals surface area contributed by atoms with Crippen LogP contribution in [0.25, 0.3) is 0 Å². The highest BCUT2D eigenvalue weighted by Crippen LogP contribution is 2.43. The van der Waals surface area contributed by atoms with Gasteiger partial charge in [0.1, 0.15) is 0 Å². The molecule has 0 unspecified atom stereocenters. The van der Waals surface area contributed by atoms with E-state index in [0.29, 0.717) is 0 Å². The molecule has 2 fully saturated rings. The average molecular weight is 232 g/mol. The van der Waals surface area contributed by atoms with E-state index >= 15 is 0 Å². The summed E-state index contributed by atoms with van der Waals surface area (Å²) in [5.74, 6) is 2.34. The number of rotatable bonds is 1. The van der Waals surface area contributed by atoms with Crippen molar-refractivity contribution in [3.8, 4) is 0 Å². The minimum absolute atomic E-state index is 0.811. The lowest BCUT2D eigenvalue weighted by Crippen LogP contribution is -2.08. The van der Waals surface area contributed by atoms with Gasteiger partial charge in [-0.25, -0.2) is 0 Å². The van der Waals surface area contributed by atoms with Gasteiger partial charge in [-0.05, 0) is 42.5 Å². The van der Waals surface area contributed by atoms with Crippen LogP contribution < -0.4 is 10.6 Å². The second-order valence-corrected chi connectivity index (χ2v) is 5.61. The maximum absolute atomic E-state index is 5.51. The van der Waals surface area contributed by atoms with Crippen LogP contribution in [-0.2, 0) is 0 Å². The van der Waals surface area contributed by atoms with Crippen LogP contribution in [0.15, 0.2) is 24.3 Å².